The maximum Gasteiger partial charge on any atom is 0.243 e. The van der Waals surface area contributed by atoms with Gasteiger partial charge in [0.2, 0.25) is 15.9 Å². The molecule has 0 aliphatic heterocycles. The van der Waals surface area contributed by atoms with E-state index in [4.69, 9.17) is 4.74 Å². The summed E-state index contributed by atoms with van der Waals surface area (Å²) >= 11 is 0. The van der Waals surface area contributed by atoms with Crippen LogP contribution in [-0.2, 0) is 21.2 Å². The number of sulfonamides is 1. The highest BCUT2D eigenvalue weighted by atomic mass is 32.2. The summed E-state index contributed by atoms with van der Waals surface area (Å²) in [4.78, 5) is 12.8. The van der Waals surface area contributed by atoms with Gasteiger partial charge in [-0.05, 0) is 55.5 Å². The highest BCUT2D eigenvalue weighted by Crippen LogP contribution is 2.23. The van der Waals surface area contributed by atoms with Gasteiger partial charge in [0.15, 0.2) is 0 Å². The molecule has 7 heteroatoms. The highest BCUT2D eigenvalue weighted by Gasteiger charge is 2.31. The van der Waals surface area contributed by atoms with E-state index < -0.39 is 16.1 Å². The number of nitrogens with zero attached hydrogens (tertiary/aromatic N) is 1. The van der Waals surface area contributed by atoms with Gasteiger partial charge in [0.1, 0.15) is 11.8 Å². The number of aryl methyl sites for hydroxylation is 2. The Morgan fingerprint density at radius 2 is 1.90 bits per heavy atom. The zero-order chi connectivity index (χ0) is 21.4. The number of anilines is 1. The van der Waals surface area contributed by atoms with Crippen LogP contribution in [0.4, 0.5) is 5.69 Å². The van der Waals surface area contributed by atoms with E-state index in [1.807, 2.05) is 44.2 Å². The maximum absolute atomic E-state index is 12.8. The Hall–Kier alpha value is -2.54. The molecule has 1 atom stereocenters. The van der Waals surface area contributed by atoms with Gasteiger partial charge in [-0.15, -0.1) is 0 Å². The van der Waals surface area contributed by atoms with Crippen molar-refractivity contribution in [3.05, 3.63) is 59.7 Å². The van der Waals surface area contributed by atoms with Gasteiger partial charge < -0.3 is 10.1 Å². The van der Waals surface area contributed by atoms with Gasteiger partial charge in [-0.1, -0.05) is 37.3 Å². The lowest BCUT2D eigenvalue weighted by molar-refractivity contribution is -0.122. The average molecular weight is 419 g/mol. The van der Waals surface area contributed by atoms with E-state index >= 15 is 0 Å². The normalized spacial score (nSPS) is 12.3. The van der Waals surface area contributed by atoms with Gasteiger partial charge >= 0.3 is 0 Å². The molecule has 2 rings (SSSR count). The minimum absolute atomic E-state index is 0.292. The van der Waals surface area contributed by atoms with Crippen molar-refractivity contribution in [3.63, 3.8) is 0 Å². The van der Waals surface area contributed by atoms with Crippen molar-refractivity contribution in [3.8, 4) is 5.75 Å². The molecule has 0 unspecified atom stereocenters. The summed E-state index contributed by atoms with van der Waals surface area (Å²) in [5.41, 5.74) is 2.51. The fraction of sp³-hybridized carbons (Fsp3) is 0.409. The van der Waals surface area contributed by atoms with Crippen LogP contribution in [0, 0.1) is 6.92 Å². The number of amides is 1. The minimum atomic E-state index is -3.62. The molecule has 0 spiro atoms. The molecule has 2 aromatic carbocycles. The molecule has 6 nitrogen and oxygen atoms in total. The van der Waals surface area contributed by atoms with Gasteiger partial charge in [-0.25, -0.2) is 8.42 Å². The van der Waals surface area contributed by atoms with Gasteiger partial charge in [0, 0.05) is 6.54 Å². The summed E-state index contributed by atoms with van der Waals surface area (Å²) in [6, 6.07) is 14.2. The molecule has 0 radical (unpaired) electrons. The number of benzene rings is 2. The lowest BCUT2D eigenvalue weighted by Gasteiger charge is -2.30. The SMILES string of the molecule is CC[C@@H](C(=O)NCCCc1ccccc1OC)N(c1cccc(C)c1)S(C)(=O)=O. The molecule has 2 aromatic rings. The van der Waals surface area contributed by atoms with Crippen LogP contribution in [0.15, 0.2) is 48.5 Å². The van der Waals surface area contributed by atoms with Crippen LogP contribution in [-0.4, -0.2) is 40.3 Å². The van der Waals surface area contributed by atoms with E-state index in [1.54, 1.807) is 25.3 Å². The number of hydrogen-bond donors (Lipinski definition) is 1. The second-order valence-electron chi connectivity index (χ2n) is 7.03. The number of ether oxygens (including phenoxy) is 1. The molecule has 158 valence electrons. The van der Waals surface area contributed by atoms with E-state index in [2.05, 4.69) is 5.32 Å². The van der Waals surface area contributed by atoms with E-state index in [9.17, 15) is 13.2 Å². The number of carbonyl (C=O) groups is 1. The van der Waals surface area contributed by atoms with Crippen molar-refractivity contribution in [2.45, 2.75) is 39.2 Å². The van der Waals surface area contributed by atoms with Crippen LogP contribution in [0.3, 0.4) is 0 Å². The molecular weight excluding hydrogens is 388 g/mol. The molecule has 0 bridgehead atoms. The Balaban J connectivity index is 2.06. The fourth-order valence-corrected chi connectivity index (χ4v) is 4.55. The predicted octanol–water partition coefficient (Wildman–Crippen LogP) is 3.30. The molecule has 29 heavy (non-hydrogen) atoms. The minimum Gasteiger partial charge on any atom is -0.496 e. The molecule has 0 saturated heterocycles. The van der Waals surface area contributed by atoms with E-state index in [-0.39, 0.29) is 5.91 Å². The first-order valence-electron chi connectivity index (χ1n) is 9.73. The number of methoxy groups -OCH3 is 1. The lowest BCUT2D eigenvalue weighted by Crippen LogP contribution is -2.49. The van der Waals surface area contributed by atoms with E-state index in [1.165, 1.54) is 4.31 Å². The Morgan fingerprint density at radius 3 is 2.52 bits per heavy atom. The van der Waals surface area contributed by atoms with Crippen LogP contribution in [0.2, 0.25) is 0 Å². The Morgan fingerprint density at radius 1 is 1.17 bits per heavy atom. The van der Waals surface area contributed by atoms with Crippen LogP contribution >= 0.6 is 0 Å². The van der Waals surface area contributed by atoms with Crippen LogP contribution in [0.25, 0.3) is 0 Å². The third-order valence-electron chi connectivity index (χ3n) is 4.70. The Kier molecular flexibility index (Phi) is 8.08. The number of nitrogens with one attached hydrogen (secondary N) is 1. The molecule has 0 aliphatic carbocycles. The second kappa shape index (κ2) is 10.3. The van der Waals surface area contributed by atoms with Crippen molar-refractivity contribution in [1.29, 1.82) is 0 Å². The zero-order valence-electron chi connectivity index (χ0n) is 17.5. The summed E-state index contributed by atoms with van der Waals surface area (Å²) in [5, 5.41) is 2.89. The van der Waals surface area contributed by atoms with Gasteiger partial charge in [0.05, 0.1) is 19.1 Å². The largest absolute Gasteiger partial charge is 0.496 e. The quantitative estimate of drug-likeness (QED) is 0.601. The predicted molar refractivity (Wildman–Crippen MR) is 117 cm³/mol. The third-order valence-corrected chi connectivity index (χ3v) is 5.88. The van der Waals surface area contributed by atoms with E-state index in [0.29, 0.717) is 18.7 Å². The molecular formula is C22H30N2O4S. The van der Waals surface area contributed by atoms with Crippen molar-refractivity contribution in [1.82, 2.24) is 5.32 Å². The number of carbonyl (C=O) groups excluding carboxylic acids is 1. The molecule has 0 saturated carbocycles. The van der Waals surface area contributed by atoms with Gasteiger partial charge in [-0.3, -0.25) is 9.10 Å². The smallest absolute Gasteiger partial charge is 0.243 e. The van der Waals surface area contributed by atoms with Crippen LogP contribution in [0.5, 0.6) is 5.75 Å². The molecule has 1 amide bonds. The summed E-state index contributed by atoms with van der Waals surface area (Å²) < 4.78 is 31.5. The second-order valence-corrected chi connectivity index (χ2v) is 8.89. The molecule has 0 aliphatic rings. The van der Waals surface area contributed by atoms with Gasteiger partial charge in [-0.2, -0.15) is 0 Å². The number of rotatable bonds is 10. The van der Waals surface area contributed by atoms with Crippen molar-refractivity contribution in [2.24, 2.45) is 0 Å². The van der Waals surface area contributed by atoms with E-state index in [0.717, 1.165) is 36.0 Å². The Labute approximate surface area is 173 Å². The van der Waals surface area contributed by atoms with Crippen molar-refractivity contribution in [2.75, 3.05) is 24.2 Å². The first-order chi connectivity index (χ1) is 13.8. The monoisotopic (exact) mass is 418 g/mol. The summed E-state index contributed by atoms with van der Waals surface area (Å²) in [7, 11) is -1.98. The topological polar surface area (TPSA) is 75.7 Å². The van der Waals surface area contributed by atoms with Crippen molar-refractivity contribution >= 4 is 21.6 Å². The third kappa shape index (κ3) is 6.22. The molecule has 1 N–H and O–H groups in total. The zero-order valence-corrected chi connectivity index (χ0v) is 18.3. The molecule has 0 aromatic heterocycles. The highest BCUT2D eigenvalue weighted by molar-refractivity contribution is 7.92. The summed E-state index contributed by atoms with van der Waals surface area (Å²) in [6.45, 7) is 4.16. The summed E-state index contributed by atoms with van der Waals surface area (Å²) in [5.74, 6) is 0.535. The average Bonchev–Trinajstić information content (AvgIpc) is 2.68. The number of para-hydroxylation sites is 1. The number of hydrogen-bond acceptors (Lipinski definition) is 4. The van der Waals surface area contributed by atoms with Crippen molar-refractivity contribution < 1.29 is 17.9 Å². The fourth-order valence-electron chi connectivity index (χ4n) is 3.34. The standard InChI is InChI=1S/C22H30N2O4S/c1-5-20(24(29(4,26)27)19-13-8-10-17(2)16-19)22(25)23-15-9-12-18-11-6-7-14-21(18)28-3/h6-8,10-11,13-14,16,20H,5,9,12,15H2,1-4H3,(H,23,25)/t20-/m0/s1. The first kappa shape index (κ1) is 22.7. The van der Waals surface area contributed by atoms with Gasteiger partial charge in [0.25, 0.3) is 0 Å². The first-order valence-corrected chi connectivity index (χ1v) is 11.6. The van der Waals surface area contributed by atoms with Crippen LogP contribution in [0.1, 0.15) is 30.9 Å². The Bertz CT molecular complexity index is 928. The molecule has 0 fully saturated rings. The maximum atomic E-state index is 12.8. The van der Waals surface area contributed by atoms with Crippen LogP contribution < -0.4 is 14.4 Å². The summed E-state index contributed by atoms with van der Waals surface area (Å²) in [6.07, 6.45) is 2.99. The lowest BCUT2D eigenvalue weighted by atomic mass is 10.1. The molecule has 0 heterocycles.